The van der Waals surface area contributed by atoms with E-state index in [-0.39, 0.29) is 42.5 Å². The Hall–Kier alpha value is -2.85. The quantitative estimate of drug-likeness (QED) is 0.449. The molecule has 1 aromatic rings. The zero-order valence-electron chi connectivity index (χ0n) is 22.7. The van der Waals surface area contributed by atoms with Crippen molar-refractivity contribution in [3.8, 4) is 5.75 Å². The summed E-state index contributed by atoms with van der Waals surface area (Å²) < 4.78 is 6.31. The Labute approximate surface area is 214 Å². The zero-order valence-corrected chi connectivity index (χ0v) is 22.7. The van der Waals surface area contributed by atoms with Gasteiger partial charge in [0.2, 0.25) is 5.91 Å². The van der Waals surface area contributed by atoms with Crippen LogP contribution >= 0.6 is 0 Å². The molecule has 1 aliphatic heterocycles. The van der Waals surface area contributed by atoms with E-state index in [1.165, 1.54) is 0 Å². The number of nitrogens with one attached hydrogen (secondary N) is 2. The Bertz CT molecular complexity index is 907. The van der Waals surface area contributed by atoms with Crippen molar-refractivity contribution < 1.29 is 24.2 Å². The van der Waals surface area contributed by atoms with E-state index in [4.69, 9.17) is 4.74 Å². The van der Waals surface area contributed by atoms with Gasteiger partial charge in [0.25, 0.3) is 5.91 Å². The third kappa shape index (κ3) is 8.37. The first-order valence-electron chi connectivity index (χ1n) is 12.6. The van der Waals surface area contributed by atoms with Crippen molar-refractivity contribution in [1.82, 2.24) is 20.0 Å². The number of hydrogen-bond acceptors (Lipinski definition) is 6. The number of likely N-dealkylation sites (N-methyl/N-ethyl adjacent to an activating group) is 1. The van der Waals surface area contributed by atoms with Crippen LogP contribution in [0, 0.1) is 5.92 Å². The Morgan fingerprint density at radius 2 is 1.92 bits per heavy atom. The Morgan fingerprint density at radius 3 is 2.53 bits per heavy atom. The van der Waals surface area contributed by atoms with Crippen LogP contribution in [0.25, 0.3) is 0 Å². The van der Waals surface area contributed by atoms with Crippen molar-refractivity contribution in [2.24, 2.45) is 5.92 Å². The molecule has 2 rings (SSSR count). The molecule has 10 nitrogen and oxygen atoms in total. The molecule has 0 bridgehead atoms. The van der Waals surface area contributed by atoms with Crippen LogP contribution < -0.4 is 15.4 Å². The molecule has 3 atom stereocenters. The van der Waals surface area contributed by atoms with Gasteiger partial charge in [-0.2, -0.15) is 0 Å². The Balaban J connectivity index is 2.31. The minimum atomic E-state index is -0.405. The number of benzene rings is 1. The monoisotopic (exact) mass is 505 g/mol. The second-order valence-corrected chi connectivity index (χ2v) is 10.3. The van der Waals surface area contributed by atoms with E-state index in [2.05, 4.69) is 10.6 Å². The lowest BCUT2D eigenvalue weighted by Crippen LogP contribution is -2.51. The highest BCUT2D eigenvalue weighted by Gasteiger charge is 2.34. The third-order valence-electron chi connectivity index (χ3n) is 6.17. The standard InChI is InChI=1S/C26H43N5O5/c1-17(2)27-26(35)30(7)15-23-18(3)14-31(19(4)16-32)25(34)21-13-20(10-11-22(21)36-23)28-24(33)9-8-12-29(5)6/h10-11,13,17-19,23,32H,8-9,12,14-16H2,1-7H3,(H,27,35)(H,28,33)/t18-,19+,23-/m0/s1. The Morgan fingerprint density at radius 1 is 1.22 bits per heavy atom. The average molecular weight is 506 g/mol. The second kappa shape index (κ2) is 13.5. The van der Waals surface area contributed by atoms with Gasteiger partial charge in [-0.25, -0.2) is 4.79 Å². The maximum atomic E-state index is 13.5. The number of aliphatic hydroxyl groups excluding tert-OH is 1. The summed E-state index contributed by atoms with van der Waals surface area (Å²) in [5.74, 6) is -0.121. The largest absolute Gasteiger partial charge is 0.487 e. The van der Waals surface area contributed by atoms with Gasteiger partial charge < -0.3 is 35.2 Å². The van der Waals surface area contributed by atoms with Crippen LogP contribution in [0.5, 0.6) is 5.75 Å². The van der Waals surface area contributed by atoms with Crippen molar-refractivity contribution >= 4 is 23.5 Å². The van der Waals surface area contributed by atoms with Gasteiger partial charge in [0, 0.05) is 37.7 Å². The van der Waals surface area contributed by atoms with Crippen molar-refractivity contribution in [2.75, 3.05) is 52.7 Å². The summed E-state index contributed by atoms with van der Waals surface area (Å²) in [4.78, 5) is 43.6. The smallest absolute Gasteiger partial charge is 0.317 e. The molecule has 3 N–H and O–H groups in total. The van der Waals surface area contributed by atoms with E-state index in [0.29, 0.717) is 36.5 Å². The van der Waals surface area contributed by atoms with Gasteiger partial charge in [0.1, 0.15) is 11.9 Å². The van der Waals surface area contributed by atoms with E-state index >= 15 is 0 Å². The van der Waals surface area contributed by atoms with E-state index in [9.17, 15) is 19.5 Å². The minimum absolute atomic E-state index is 0.00591. The summed E-state index contributed by atoms with van der Waals surface area (Å²) in [6.45, 7) is 8.85. The van der Waals surface area contributed by atoms with Gasteiger partial charge >= 0.3 is 6.03 Å². The van der Waals surface area contributed by atoms with Crippen LogP contribution in [-0.2, 0) is 4.79 Å². The van der Waals surface area contributed by atoms with Gasteiger partial charge in [-0.15, -0.1) is 0 Å². The van der Waals surface area contributed by atoms with E-state index in [1.54, 1.807) is 42.0 Å². The summed E-state index contributed by atoms with van der Waals surface area (Å²) >= 11 is 0. The van der Waals surface area contributed by atoms with Gasteiger partial charge in [0.15, 0.2) is 0 Å². The van der Waals surface area contributed by atoms with Gasteiger partial charge in [-0.3, -0.25) is 9.59 Å². The first-order valence-corrected chi connectivity index (χ1v) is 12.6. The summed E-state index contributed by atoms with van der Waals surface area (Å²) in [7, 11) is 5.63. The number of nitrogens with zero attached hydrogens (tertiary/aromatic N) is 3. The highest BCUT2D eigenvalue weighted by molar-refractivity contribution is 5.99. The van der Waals surface area contributed by atoms with Gasteiger partial charge in [-0.1, -0.05) is 6.92 Å². The third-order valence-corrected chi connectivity index (χ3v) is 6.17. The van der Waals surface area contributed by atoms with E-state index in [0.717, 1.165) is 13.0 Å². The molecule has 0 aliphatic carbocycles. The number of carbonyl (C=O) groups excluding carboxylic acids is 3. The average Bonchev–Trinajstić information content (AvgIpc) is 2.80. The number of ether oxygens (including phenoxy) is 1. The number of anilines is 1. The normalized spacial score (nSPS) is 18.7. The van der Waals surface area contributed by atoms with Crippen molar-refractivity contribution in [1.29, 1.82) is 0 Å². The molecule has 1 aliphatic rings. The maximum absolute atomic E-state index is 13.5. The highest BCUT2D eigenvalue weighted by Crippen LogP contribution is 2.30. The minimum Gasteiger partial charge on any atom is -0.487 e. The van der Waals surface area contributed by atoms with Crippen LogP contribution in [0.2, 0.25) is 0 Å². The summed E-state index contributed by atoms with van der Waals surface area (Å²) in [5.41, 5.74) is 0.823. The van der Waals surface area contributed by atoms with E-state index in [1.807, 2.05) is 39.8 Å². The molecule has 0 saturated carbocycles. The topological polar surface area (TPSA) is 114 Å². The first kappa shape index (κ1) is 29.4. The maximum Gasteiger partial charge on any atom is 0.317 e. The van der Waals surface area contributed by atoms with Crippen LogP contribution in [0.15, 0.2) is 18.2 Å². The molecule has 10 heteroatoms. The molecule has 0 saturated heterocycles. The SMILES string of the molecule is CC(C)NC(=O)N(C)C[C@@H]1Oc2ccc(NC(=O)CCCN(C)C)cc2C(=O)N([C@H](C)CO)C[C@@H]1C. The molecule has 4 amide bonds. The molecule has 0 aromatic heterocycles. The number of urea groups is 1. The zero-order chi connectivity index (χ0) is 27.0. The molecular weight excluding hydrogens is 462 g/mol. The van der Waals surface area contributed by atoms with Crippen molar-refractivity contribution in [2.45, 2.75) is 58.7 Å². The lowest BCUT2D eigenvalue weighted by molar-refractivity contribution is -0.116. The first-order chi connectivity index (χ1) is 16.9. The number of hydrogen-bond donors (Lipinski definition) is 3. The predicted molar refractivity (Wildman–Crippen MR) is 140 cm³/mol. The molecular formula is C26H43N5O5. The number of amides is 4. The fourth-order valence-corrected chi connectivity index (χ4v) is 4.01. The fraction of sp³-hybridized carbons (Fsp3) is 0.654. The molecule has 1 aromatic carbocycles. The van der Waals surface area contributed by atoms with Crippen LogP contribution in [-0.4, -0.2) is 103 Å². The number of fused-ring (bicyclic) bond motifs is 1. The lowest BCUT2D eigenvalue weighted by atomic mass is 9.99. The fourth-order valence-electron chi connectivity index (χ4n) is 4.01. The number of carbonyl (C=O) groups is 3. The molecule has 0 unspecified atom stereocenters. The van der Waals surface area contributed by atoms with Crippen LogP contribution in [0.3, 0.4) is 0 Å². The highest BCUT2D eigenvalue weighted by atomic mass is 16.5. The summed E-state index contributed by atoms with van der Waals surface area (Å²) in [5, 5.41) is 15.6. The van der Waals surface area contributed by atoms with Crippen molar-refractivity contribution in [3.05, 3.63) is 23.8 Å². The number of aliphatic hydroxyl groups is 1. The van der Waals surface area contributed by atoms with Gasteiger partial charge in [0.05, 0.1) is 24.8 Å². The summed E-state index contributed by atoms with van der Waals surface area (Å²) in [6.07, 6.45) is 0.711. The Kier molecular flexibility index (Phi) is 11.0. The van der Waals surface area contributed by atoms with Crippen LogP contribution in [0.1, 0.15) is 50.9 Å². The number of rotatable bonds is 10. The molecule has 202 valence electrons. The molecule has 1 heterocycles. The molecule has 36 heavy (non-hydrogen) atoms. The lowest BCUT2D eigenvalue weighted by Gasteiger charge is -2.38. The molecule has 0 spiro atoms. The predicted octanol–water partition coefficient (Wildman–Crippen LogP) is 2.24. The summed E-state index contributed by atoms with van der Waals surface area (Å²) in [6, 6.07) is 4.43. The van der Waals surface area contributed by atoms with E-state index < -0.39 is 6.04 Å². The van der Waals surface area contributed by atoms with Crippen LogP contribution in [0.4, 0.5) is 10.5 Å². The molecule has 0 radical (unpaired) electrons. The molecule has 0 fully saturated rings. The van der Waals surface area contributed by atoms with Crippen molar-refractivity contribution in [3.63, 3.8) is 0 Å². The second-order valence-electron chi connectivity index (χ2n) is 10.3. The van der Waals surface area contributed by atoms with Gasteiger partial charge in [-0.05, 0) is 66.0 Å².